The number of nitrogens with zero attached hydrogens (tertiary/aromatic N) is 7. The molecule has 0 saturated heterocycles. The lowest BCUT2D eigenvalue weighted by Gasteiger charge is -2.15. The number of carbonyl (C=O) groups is 1. The van der Waals surface area contributed by atoms with Crippen molar-refractivity contribution in [3.8, 4) is 28.1 Å². The van der Waals surface area contributed by atoms with Gasteiger partial charge in [-0.25, -0.2) is 14.2 Å². The van der Waals surface area contributed by atoms with E-state index in [0.29, 0.717) is 46.2 Å². The molecule has 13 heteroatoms. The average molecular weight is 547 g/mol. The molecular weight excluding hydrogens is 527 g/mol. The minimum Gasteiger partial charge on any atom is -0.465 e. The molecule has 1 amide bonds. The molecule has 0 aliphatic carbocycles. The maximum absolute atomic E-state index is 14.6. The summed E-state index contributed by atoms with van der Waals surface area (Å²) in [6.45, 7) is 0. The fourth-order valence-electron chi connectivity index (χ4n) is 4.92. The standard InChI is InChI=1S/C26H20ClFN8O3/c1-34(26(38)39)22-5-2-14(9-19(22)28)20-12-29-25(31-20)23-7-4-17-8-15(10-24(37)36(17)23)18-11-16(27)3-6-21(18)35-13-30-32-33-35/h2-3,5-6,8-13,23H,4,7H2,1H3,(H,29,31)(H,38,39). The number of aromatic nitrogens is 7. The van der Waals surface area contributed by atoms with Crippen molar-refractivity contribution in [1.82, 2.24) is 34.7 Å². The van der Waals surface area contributed by atoms with Gasteiger partial charge in [-0.2, -0.15) is 4.68 Å². The van der Waals surface area contributed by atoms with E-state index in [4.69, 9.17) is 16.7 Å². The van der Waals surface area contributed by atoms with Crippen molar-refractivity contribution >= 4 is 23.4 Å². The predicted octanol–water partition coefficient (Wildman–Crippen LogP) is 4.32. The number of H-pyrrole nitrogens is 1. The summed E-state index contributed by atoms with van der Waals surface area (Å²) < 4.78 is 17.8. The monoisotopic (exact) mass is 546 g/mol. The molecule has 0 fully saturated rings. The molecular formula is C26H20ClFN8O3. The van der Waals surface area contributed by atoms with Crippen molar-refractivity contribution in [2.75, 3.05) is 11.9 Å². The maximum Gasteiger partial charge on any atom is 0.411 e. The number of pyridine rings is 1. The first-order chi connectivity index (χ1) is 18.8. The molecule has 2 aromatic carbocycles. The highest BCUT2D eigenvalue weighted by Crippen LogP contribution is 2.34. The van der Waals surface area contributed by atoms with Crippen LogP contribution in [0.15, 0.2) is 65.8 Å². The number of nitrogens with one attached hydrogen (secondary N) is 1. The lowest BCUT2D eigenvalue weighted by molar-refractivity contribution is 0.203. The summed E-state index contributed by atoms with van der Waals surface area (Å²) >= 11 is 6.28. The van der Waals surface area contributed by atoms with Gasteiger partial charge in [0.05, 0.1) is 29.3 Å². The number of hydrogen-bond acceptors (Lipinski definition) is 6. The molecule has 196 valence electrons. The molecule has 1 atom stereocenters. The summed E-state index contributed by atoms with van der Waals surface area (Å²) in [7, 11) is 1.27. The summed E-state index contributed by atoms with van der Waals surface area (Å²) in [6, 6.07) is 12.7. The summed E-state index contributed by atoms with van der Waals surface area (Å²) in [5, 5.41) is 21.0. The number of aromatic amines is 1. The molecule has 1 aliphatic rings. The molecule has 11 nitrogen and oxygen atoms in total. The molecule has 39 heavy (non-hydrogen) atoms. The van der Waals surface area contributed by atoms with E-state index in [9.17, 15) is 14.0 Å². The number of hydrogen-bond donors (Lipinski definition) is 2. The first-order valence-electron chi connectivity index (χ1n) is 11.9. The van der Waals surface area contributed by atoms with Crippen LogP contribution in [0, 0.1) is 5.82 Å². The second-order valence-corrected chi connectivity index (χ2v) is 9.54. The lowest BCUT2D eigenvalue weighted by Crippen LogP contribution is -2.24. The molecule has 0 bridgehead atoms. The Morgan fingerprint density at radius 2 is 2.03 bits per heavy atom. The van der Waals surface area contributed by atoms with E-state index in [1.54, 1.807) is 41.1 Å². The first-order valence-corrected chi connectivity index (χ1v) is 12.3. The van der Waals surface area contributed by atoms with Crippen molar-refractivity contribution < 1.29 is 14.3 Å². The number of tetrazole rings is 1. The molecule has 2 N–H and O–H groups in total. The number of rotatable bonds is 5. The highest BCUT2D eigenvalue weighted by molar-refractivity contribution is 6.31. The van der Waals surface area contributed by atoms with Crippen LogP contribution in [0.3, 0.4) is 0 Å². The Kier molecular flexibility index (Phi) is 5.95. The van der Waals surface area contributed by atoms with Crippen molar-refractivity contribution in [1.29, 1.82) is 0 Å². The van der Waals surface area contributed by atoms with Crippen LogP contribution < -0.4 is 10.5 Å². The summed E-state index contributed by atoms with van der Waals surface area (Å²) in [5.41, 5.74) is 3.75. The quantitative estimate of drug-likeness (QED) is 0.335. The van der Waals surface area contributed by atoms with Gasteiger partial charge in [-0.3, -0.25) is 9.69 Å². The predicted molar refractivity (Wildman–Crippen MR) is 141 cm³/mol. The van der Waals surface area contributed by atoms with E-state index >= 15 is 0 Å². The van der Waals surface area contributed by atoms with Gasteiger partial charge in [-0.05, 0) is 65.2 Å². The second-order valence-electron chi connectivity index (χ2n) is 9.10. The lowest BCUT2D eigenvalue weighted by atomic mass is 10.0. The minimum atomic E-state index is -1.26. The molecule has 6 rings (SSSR count). The number of carboxylic acid groups (broad SMARTS) is 1. The smallest absolute Gasteiger partial charge is 0.411 e. The van der Waals surface area contributed by atoms with Gasteiger partial charge in [0.1, 0.15) is 18.0 Å². The van der Waals surface area contributed by atoms with Gasteiger partial charge >= 0.3 is 6.09 Å². The highest BCUT2D eigenvalue weighted by Gasteiger charge is 2.28. The van der Waals surface area contributed by atoms with Crippen LogP contribution in [0.25, 0.3) is 28.1 Å². The van der Waals surface area contributed by atoms with Crippen LogP contribution in [0.1, 0.15) is 24.0 Å². The second kappa shape index (κ2) is 9.48. The maximum atomic E-state index is 14.6. The molecule has 3 aromatic heterocycles. The molecule has 0 radical (unpaired) electrons. The average Bonchev–Trinajstić information content (AvgIpc) is 3.69. The third-order valence-corrected chi connectivity index (χ3v) is 7.05. The Hall–Kier alpha value is -4.84. The van der Waals surface area contributed by atoms with E-state index in [1.807, 2.05) is 6.07 Å². The number of anilines is 1. The van der Waals surface area contributed by atoms with Gasteiger partial charge in [0, 0.05) is 35.0 Å². The number of amides is 1. The number of benzene rings is 2. The van der Waals surface area contributed by atoms with Gasteiger partial charge in [0.15, 0.2) is 0 Å². The van der Waals surface area contributed by atoms with E-state index in [2.05, 4.69) is 25.5 Å². The summed E-state index contributed by atoms with van der Waals surface area (Å²) in [4.78, 5) is 33.1. The third-order valence-electron chi connectivity index (χ3n) is 6.82. The van der Waals surface area contributed by atoms with Crippen LogP contribution in [-0.2, 0) is 6.42 Å². The van der Waals surface area contributed by atoms with Crippen LogP contribution in [0.5, 0.6) is 0 Å². The molecule has 0 spiro atoms. The Labute approximate surface area is 225 Å². The van der Waals surface area contributed by atoms with Gasteiger partial charge in [-0.1, -0.05) is 17.7 Å². The van der Waals surface area contributed by atoms with Crippen molar-refractivity contribution in [2.24, 2.45) is 0 Å². The Morgan fingerprint density at radius 3 is 2.77 bits per heavy atom. The third kappa shape index (κ3) is 4.34. The molecule has 4 heterocycles. The van der Waals surface area contributed by atoms with Crippen LogP contribution in [0.4, 0.5) is 14.9 Å². The topological polar surface area (TPSA) is 135 Å². The van der Waals surface area contributed by atoms with Gasteiger partial charge in [0.2, 0.25) is 0 Å². The number of imidazole rings is 1. The fraction of sp³-hybridized carbons (Fsp3) is 0.154. The number of halogens is 2. The van der Waals surface area contributed by atoms with Gasteiger partial charge in [0.25, 0.3) is 5.56 Å². The SMILES string of the molecule is CN(C(=O)O)c1ccc(-c2cnc(C3CCc4cc(-c5cc(Cl)ccc5-n5cnnn5)cc(=O)n43)[nH]2)cc1F. The van der Waals surface area contributed by atoms with Crippen molar-refractivity contribution in [3.63, 3.8) is 0 Å². The zero-order chi connectivity index (χ0) is 27.3. The van der Waals surface area contributed by atoms with Crippen molar-refractivity contribution in [3.05, 3.63) is 93.8 Å². The Bertz CT molecular complexity index is 1780. The van der Waals surface area contributed by atoms with E-state index in [1.165, 1.54) is 30.2 Å². The number of fused-ring (bicyclic) bond motifs is 1. The number of aryl methyl sites for hydroxylation is 1. The first kappa shape index (κ1) is 24.5. The van der Waals surface area contributed by atoms with Gasteiger partial charge in [-0.15, -0.1) is 5.10 Å². The normalized spacial score (nSPS) is 14.4. The van der Waals surface area contributed by atoms with E-state index < -0.39 is 11.9 Å². The Morgan fingerprint density at radius 1 is 1.18 bits per heavy atom. The van der Waals surface area contributed by atoms with E-state index in [-0.39, 0.29) is 17.3 Å². The largest absolute Gasteiger partial charge is 0.465 e. The zero-order valence-electron chi connectivity index (χ0n) is 20.4. The van der Waals surface area contributed by atoms with Crippen LogP contribution >= 0.6 is 11.6 Å². The van der Waals surface area contributed by atoms with Crippen LogP contribution in [-0.4, -0.2) is 53.0 Å². The molecule has 1 aliphatic heterocycles. The van der Waals surface area contributed by atoms with E-state index in [0.717, 1.165) is 16.2 Å². The highest BCUT2D eigenvalue weighted by atomic mass is 35.5. The Balaban J connectivity index is 1.33. The molecule has 1 unspecified atom stereocenters. The minimum absolute atomic E-state index is 0.0546. The summed E-state index contributed by atoms with van der Waals surface area (Å²) in [5.74, 6) is -0.103. The zero-order valence-corrected chi connectivity index (χ0v) is 21.2. The van der Waals surface area contributed by atoms with Gasteiger partial charge < -0.3 is 14.7 Å². The molecule has 0 saturated carbocycles. The fourth-order valence-corrected chi connectivity index (χ4v) is 5.09. The van der Waals surface area contributed by atoms with Crippen LogP contribution in [0.2, 0.25) is 5.02 Å². The summed E-state index contributed by atoms with van der Waals surface area (Å²) in [6.07, 6.45) is 3.09. The van der Waals surface area contributed by atoms with Crippen molar-refractivity contribution in [2.45, 2.75) is 18.9 Å². The molecule has 5 aromatic rings.